The third-order valence-corrected chi connectivity index (χ3v) is 4.13. The van der Waals surface area contributed by atoms with Crippen molar-refractivity contribution in [1.29, 1.82) is 0 Å². The number of carbonyl (C=O) groups excluding carboxylic acids is 1. The third-order valence-electron chi connectivity index (χ3n) is 2.84. The molecule has 1 atom stereocenters. The number of thioether (sulfide) groups is 1. The lowest BCUT2D eigenvalue weighted by atomic mass is 10.2. The third kappa shape index (κ3) is 4.26. The van der Waals surface area contributed by atoms with E-state index in [1.54, 1.807) is 18.2 Å². The minimum atomic E-state index is -0.441. The van der Waals surface area contributed by atoms with Crippen LogP contribution in [-0.2, 0) is 4.79 Å². The van der Waals surface area contributed by atoms with Crippen LogP contribution in [0.5, 0.6) is 0 Å². The molecule has 1 aromatic carbocycles. The van der Waals surface area contributed by atoms with Gasteiger partial charge in [-0.3, -0.25) is 4.79 Å². The van der Waals surface area contributed by atoms with Gasteiger partial charge in [0, 0.05) is 5.69 Å². The first-order valence-electron chi connectivity index (χ1n) is 6.61. The molecule has 6 heteroatoms. The molecule has 0 aliphatic carbocycles. The van der Waals surface area contributed by atoms with Crippen molar-refractivity contribution in [2.45, 2.75) is 30.5 Å². The number of para-hydroxylation sites is 1. The Bertz CT molecular complexity index is 636. The summed E-state index contributed by atoms with van der Waals surface area (Å²) in [7, 11) is 0. The number of carbonyl (C=O) groups is 1. The molecule has 110 valence electrons. The largest absolute Gasteiger partial charge is 0.323 e. The highest BCUT2D eigenvalue weighted by molar-refractivity contribution is 8.00. The van der Waals surface area contributed by atoms with Crippen molar-refractivity contribution < 1.29 is 9.18 Å². The Morgan fingerprint density at radius 1 is 1.38 bits per heavy atom. The summed E-state index contributed by atoms with van der Waals surface area (Å²) < 4.78 is 13.6. The van der Waals surface area contributed by atoms with E-state index in [1.165, 1.54) is 24.2 Å². The zero-order valence-electron chi connectivity index (χ0n) is 11.8. The van der Waals surface area contributed by atoms with Crippen molar-refractivity contribution >= 4 is 23.4 Å². The molecular weight excluding hydrogens is 289 g/mol. The van der Waals surface area contributed by atoms with E-state index < -0.39 is 5.82 Å². The predicted molar refractivity (Wildman–Crippen MR) is 81.7 cm³/mol. The van der Waals surface area contributed by atoms with Gasteiger partial charge in [0.25, 0.3) is 0 Å². The molecule has 0 aliphatic rings. The van der Waals surface area contributed by atoms with Crippen molar-refractivity contribution in [3.8, 4) is 0 Å². The smallest absolute Gasteiger partial charge is 0.237 e. The first-order chi connectivity index (χ1) is 10.1. The zero-order chi connectivity index (χ0) is 15.2. The van der Waals surface area contributed by atoms with Crippen LogP contribution in [0.15, 0.2) is 41.7 Å². The fraction of sp³-hybridized carbons (Fsp3) is 0.267. The molecule has 2 aromatic rings. The lowest BCUT2D eigenvalue weighted by Gasteiger charge is -2.14. The number of nitrogens with zero attached hydrogens (tertiary/aromatic N) is 2. The monoisotopic (exact) mass is 305 g/mol. The topological polar surface area (TPSA) is 54.9 Å². The van der Waals surface area contributed by atoms with Crippen LogP contribution in [0.2, 0.25) is 0 Å². The van der Waals surface area contributed by atoms with Gasteiger partial charge in [-0.05, 0) is 31.5 Å². The molecular formula is C15H16FN3OS. The number of hydrogen-bond acceptors (Lipinski definition) is 4. The zero-order valence-corrected chi connectivity index (χ0v) is 12.7. The highest BCUT2D eigenvalue weighted by Crippen LogP contribution is 2.25. The molecule has 2 rings (SSSR count). The first-order valence-corrected chi connectivity index (χ1v) is 7.48. The summed E-state index contributed by atoms with van der Waals surface area (Å²) in [5.41, 5.74) is 1.04. The quantitative estimate of drug-likeness (QED) is 0.679. The summed E-state index contributed by atoms with van der Waals surface area (Å²) in [4.78, 5) is 20.4. The number of aromatic nitrogens is 2. The van der Waals surface area contributed by atoms with E-state index in [0.717, 1.165) is 10.7 Å². The maximum absolute atomic E-state index is 13.6. The molecule has 1 heterocycles. The second-order valence-electron chi connectivity index (χ2n) is 4.48. The second kappa shape index (κ2) is 7.17. The minimum Gasteiger partial charge on any atom is -0.323 e. The molecule has 21 heavy (non-hydrogen) atoms. The molecule has 0 aliphatic heterocycles. The van der Waals surface area contributed by atoms with E-state index in [9.17, 15) is 9.18 Å². The van der Waals surface area contributed by atoms with Crippen molar-refractivity contribution in [3.05, 3.63) is 48.2 Å². The Hall–Kier alpha value is -1.95. The fourth-order valence-electron chi connectivity index (χ4n) is 1.74. The van der Waals surface area contributed by atoms with E-state index in [2.05, 4.69) is 15.3 Å². The molecule has 1 amide bonds. The van der Waals surface area contributed by atoms with Crippen molar-refractivity contribution in [2.75, 3.05) is 5.32 Å². The van der Waals surface area contributed by atoms with Crippen LogP contribution in [0, 0.1) is 12.7 Å². The Balaban J connectivity index is 2.07. The van der Waals surface area contributed by atoms with Gasteiger partial charge in [-0.15, -0.1) is 0 Å². The van der Waals surface area contributed by atoms with E-state index in [-0.39, 0.29) is 16.8 Å². The number of amides is 1. The molecule has 0 saturated heterocycles. The van der Waals surface area contributed by atoms with Gasteiger partial charge in [-0.1, -0.05) is 30.8 Å². The van der Waals surface area contributed by atoms with Gasteiger partial charge in [0.15, 0.2) is 0 Å². The summed E-state index contributed by atoms with van der Waals surface area (Å²) in [5.74, 6) is -0.674. The van der Waals surface area contributed by atoms with Crippen LogP contribution >= 0.6 is 11.8 Å². The molecule has 1 N–H and O–H groups in total. The normalized spacial score (nSPS) is 12.0. The van der Waals surface area contributed by atoms with Gasteiger partial charge in [0.05, 0.1) is 10.9 Å². The Morgan fingerprint density at radius 3 is 2.81 bits per heavy atom. The SMILES string of the molecule is CCC(Sc1cc(C)ncn1)C(=O)Nc1ccccc1F. The molecule has 1 unspecified atom stereocenters. The van der Waals surface area contributed by atoms with Gasteiger partial charge < -0.3 is 5.32 Å². The van der Waals surface area contributed by atoms with Crippen molar-refractivity contribution in [1.82, 2.24) is 9.97 Å². The van der Waals surface area contributed by atoms with Crippen LogP contribution in [0.25, 0.3) is 0 Å². The van der Waals surface area contributed by atoms with Crippen LogP contribution in [-0.4, -0.2) is 21.1 Å². The molecule has 0 saturated carbocycles. The number of halogens is 1. The van der Waals surface area contributed by atoms with Crippen LogP contribution < -0.4 is 5.32 Å². The lowest BCUT2D eigenvalue weighted by Crippen LogP contribution is -2.25. The number of aryl methyl sites for hydroxylation is 1. The van der Waals surface area contributed by atoms with Crippen LogP contribution in [0.3, 0.4) is 0 Å². The molecule has 0 fully saturated rings. The maximum atomic E-state index is 13.6. The Morgan fingerprint density at radius 2 is 2.14 bits per heavy atom. The van der Waals surface area contributed by atoms with Crippen LogP contribution in [0.1, 0.15) is 19.0 Å². The molecule has 0 spiro atoms. The summed E-state index contributed by atoms with van der Waals surface area (Å²) in [6.45, 7) is 3.78. The molecule has 1 aromatic heterocycles. The van der Waals surface area contributed by atoms with Crippen molar-refractivity contribution in [2.24, 2.45) is 0 Å². The summed E-state index contributed by atoms with van der Waals surface area (Å²) in [5, 5.41) is 3.02. The highest BCUT2D eigenvalue weighted by Gasteiger charge is 2.19. The van der Waals surface area contributed by atoms with E-state index in [4.69, 9.17) is 0 Å². The van der Waals surface area contributed by atoms with Gasteiger partial charge >= 0.3 is 0 Å². The number of anilines is 1. The lowest BCUT2D eigenvalue weighted by molar-refractivity contribution is -0.115. The van der Waals surface area contributed by atoms with E-state index >= 15 is 0 Å². The Kier molecular flexibility index (Phi) is 5.27. The Labute approximate surface area is 127 Å². The average molecular weight is 305 g/mol. The standard InChI is InChI=1S/C15H16FN3OS/c1-3-13(21-14-8-10(2)17-9-18-14)15(20)19-12-7-5-4-6-11(12)16/h4-9,13H,3H2,1-2H3,(H,19,20). The summed E-state index contributed by atoms with van der Waals surface area (Å²) >= 11 is 1.35. The number of rotatable bonds is 5. The number of hydrogen-bond donors (Lipinski definition) is 1. The summed E-state index contributed by atoms with van der Waals surface area (Å²) in [6.07, 6.45) is 2.09. The fourth-order valence-corrected chi connectivity index (χ4v) is 2.71. The average Bonchev–Trinajstić information content (AvgIpc) is 2.47. The number of benzene rings is 1. The van der Waals surface area contributed by atoms with Crippen LogP contribution in [0.4, 0.5) is 10.1 Å². The highest BCUT2D eigenvalue weighted by atomic mass is 32.2. The first kappa shape index (κ1) is 15.4. The molecule has 0 bridgehead atoms. The van der Waals surface area contributed by atoms with Gasteiger partial charge in [0.1, 0.15) is 17.2 Å². The number of nitrogens with one attached hydrogen (secondary N) is 1. The summed E-state index contributed by atoms with van der Waals surface area (Å²) in [6, 6.07) is 7.95. The predicted octanol–water partition coefficient (Wildman–Crippen LogP) is 3.43. The van der Waals surface area contributed by atoms with E-state index in [1.807, 2.05) is 19.9 Å². The van der Waals surface area contributed by atoms with E-state index in [0.29, 0.717) is 6.42 Å². The van der Waals surface area contributed by atoms with Gasteiger partial charge in [0.2, 0.25) is 5.91 Å². The van der Waals surface area contributed by atoms with Gasteiger partial charge in [-0.25, -0.2) is 14.4 Å². The van der Waals surface area contributed by atoms with Gasteiger partial charge in [-0.2, -0.15) is 0 Å². The minimum absolute atomic E-state index is 0.195. The maximum Gasteiger partial charge on any atom is 0.237 e. The van der Waals surface area contributed by atoms with Crippen molar-refractivity contribution in [3.63, 3.8) is 0 Å². The molecule has 4 nitrogen and oxygen atoms in total. The molecule has 0 radical (unpaired) electrons. The second-order valence-corrected chi connectivity index (χ2v) is 5.70.